The predicted molar refractivity (Wildman–Crippen MR) is 102 cm³/mol. The van der Waals surface area contributed by atoms with Crippen molar-refractivity contribution in [1.82, 2.24) is 9.88 Å². The maximum Gasteiger partial charge on any atom is 0.341 e. The summed E-state index contributed by atoms with van der Waals surface area (Å²) < 4.78 is 10.9. The number of aromatic nitrogens is 1. The molecule has 1 aromatic carbocycles. The molecule has 1 amide bonds. The van der Waals surface area contributed by atoms with Gasteiger partial charge in [-0.1, -0.05) is 12.1 Å². The van der Waals surface area contributed by atoms with Crippen molar-refractivity contribution in [1.29, 1.82) is 0 Å². The standard InChI is InChI=1S/C21H24N2O5/c1-23(13-15-6-9-17(10-7-15)27-14-20(24)25)21(26)16-8-11-19(22-12-16)28-18-4-2-3-5-18/h6-12,18H,2-5,13-14H2,1H3,(H,24,25). The van der Waals surface area contributed by atoms with Gasteiger partial charge in [0.05, 0.1) is 5.56 Å². The molecule has 0 radical (unpaired) electrons. The van der Waals surface area contributed by atoms with E-state index in [2.05, 4.69) is 4.98 Å². The maximum absolute atomic E-state index is 12.6. The van der Waals surface area contributed by atoms with Gasteiger partial charge in [0, 0.05) is 25.9 Å². The van der Waals surface area contributed by atoms with Gasteiger partial charge in [-0.15, -0.1) is 0 Å². The summed E-state index contributed by atoms with van der Waals surface area (Å²) >= 11 is 0. The fraction of sp³-hybridized carbons (Fsp3) is 0.381. The first-order chi connectivity index (χ1) is 13.5. The fourth-order valence-corrected chi connectivity index (χ4v) is 3.16. The molecule has 0 saturated heterocycles. The summed E-state index contributed by atoms with van der Waals surface area (Å²) in [5, 5.41) is 8.62. The van der Waals surface area contributed by atoms with Gasteiger partial charge in [-0.25, -0.2) is 9.78 Å². The Morgan fingerprint density at radius 2 is 1.86 bits per heavy atom. The molecule has 7 nitrogen and oxygen atoms in total. The van der Waals surface area contributed by atoms with Crippen LogP contribution in [-0.4, -0.2) is 46.6 Å². The van der Waals surface area contributed by atoms with E-state index in [0.29, 0.717) is 23.7 Å². The van der Waals surface area contributed by atoms with E-state index in [9.17, 15) is 9.59 Å². The second-order valence-electron chi connectivity index (χ2n) is 6.90. The average Bonchev–Trinajstić information content (AvgIpc) is 3.20. The Kier molecular flexibility index (Phi) is 6.47. The number of hydrogen-bond donors (Lipinski definition) is 1. The number of carbonyl (C=O) groups is 2. The number of carboxylic acids is 1. The van der Waals surface area contributed by atoms with Crippen LogP contribution in [-0.2, 0) is 11.3 Å². The zero-order chi connectivity index (χ0) is 19.9. The molecule has 0 atom stereocenters. The highest BCUT2D eigenvalue weighted by Crippen LogP contribution is 2.23. The van der Waals surface area contributed by atoms with Gasteiger partial charge in [0.25, 0.3) is 5.91 Å². The van der Waals surface area contributed by atoms with E-state index < -0.39 is 5.97 Å². The van der Waals surface area contributed by atoms with E-state index in [1.54, 1.807) is 54.5 Å². The van der Waals surface area contributed by atoms with E-state index in [1.807, 2.05) is 0 Å². The second-order valence-corrected chi connectivity index (χ2v) is 6.90. The number of carbonyl (C=O) groups excluding carboxylic acids is 1. The molecule has 1 heterocycles. The second kappa shape index (κ2) is 9.21. The van der Waals surface area contributed by atoms with Gasteiger partial charge < -0.3 is 19.5 Å². The van der Waals surface area contributed by atoms with Crippen molar-refractivity contribution < 1.29 is 24.2 Å². The Bertz CT molecular complexity index is 799. The third kappa shape index (κ3) is 5.45. The van der Waals surface area contributed by atoms with Crippen molar-refractivity contribution >= 4 is 11.9 Å². The summed E-state index contributed by atoms with van der Waals surface area (Å²) in [5.74, 6) is -0.126. The zero-order valence-electron chi connectivity index (χ0n) is 15.8. The van der Waals surface area contributed by atoms with Crippen LogP contribution in [0, 0.1) is 0 Å². The van der Waals surface area contributed by atoms with Crippen molar-refractivity contribution in [2.24, 2.45) is 0 Å². The number of ether oxygens (including phenoxy) is 2. The number of amides is 1. The van der Waals surface area contributed by atoms with E-state index >= 15 is 0 Å². The molecule has 148 valence electrons. The molecule has 7 heteroatoms. The lowest BCUT2D eigenvalue weighted by atomic mass is 10.2. The number of pyridine rings is 1. The largest absolute Gasteiger partial charge is 0.482 e. The first-order valence-electron chi connectivity index (χ1n) is 9.33. The number of rotatable bonds is 8. The highest BCUT2D eigenvalue weighted by atomic mass is 16.5. The Morgan fingerprint density at radius 3 is 2.46 bits per heavy atom. The van der Waals surface area contributed by atoms with Crippen LogP contribution in [0.3, 0.4) is 0 Å². The quantitative estimate of drug-likeness (QED) is 0.752. The van der Waals surface area contributed by atoms with Gasteiger partial charge in [-0.2, -0.15) is 0 Å². The van der Waals surface area contributed by atoms with Crippen molar-refractivity contribution in [3.63, 3.8) is 0 Å². The lowest BCUT2D eigenvalue weighted by Crippen LogP contribution is -2.26. The minimum absolute atomic E-state index is 0.133. The molecule has 2 aromatic rings. The molecular weight excluding hydrogens is 360 g/mol. The highest BCUT2D eigenvalue weighted by molar-refractivity contribution is 5.93. The fourth-order valence-electron chi connectivity index (χ4n) is 3.16. The topological polar surface area (TPSA) is 89.0 Å². The molecule has 1 fully saturated rings. The third-order valence-corrected chi connectivity index (χ3v) is 4.63. The van der Waals surface area contributed by atoms with Crippen molar-refractivity contribution in [2.75, 3.05) is 13.7 Å². The number of carboxylic acid groups (broad SMARTS) is 1. The summed E-state index contributed by atoms with van der Waals surface area (Å²) in [6, 6.07) is 10.5. The Labute approximate surface area is 163 Å². The number of benzene rings is 1. The van der Waals surface area contributed by atoms with E-state index in [-0.39, 0.29) is 18.6 Å². The van der Waals surface area contributed by atoms with Gasteiger partial charge in [0.1, 0.15) is 11.9 Å². The molecule has 1 saturated carbocycles. The molecule has 1 aliphatic carbocycles. The summed E-state index contributed by atoms with van der Waals surface area (Å²) in [5.41, 5.74) is 1.41. The van der Waals surface area contributed by atoms with Gasteiger partial charge in [0.15, 0.2) is 6.61 Å². The van der Waals surface area contributed by atoms with Crippen LogP contribution in [0.5, 0.6) is 11.6 Å². The van der Waals surface area contributed by atoms with Gasteiger partial charge >= 0.3 is 5.97 Å². The van der Waals surface area contributed by atoms with Crippen molar-refractivity contribution in [2.45, 2.75) is 38.3 Å². The Morgan fingerprint density at radius 1 is 1.14 bits per heavy atom. The lowest BCUT2D eigenvalue weighted by molar-refractivity contribution is -0.139. The van der Waals surface area contributed by atoms with Crippen molar-refractivity contribution in [3.8, 4) is 11.6 Å². The first kappa shape index (κ1) is 19.7. The minimum Gasteiger partial charge on any atom is -0.482 e. The normalized spacial score (nSPS) is 13.9. The SMILES string of the molecule is CN(Cc1ccc(OCC(=O)O)cc1)C(=O)c1ccc(OC2CCCC2)nc1. The monoisotopic (exact) mass is 384 g/mol. The Balaban J connectivity index is 1.54. The van der Waals surface area contributed by atoms with Crippen LogP contribution < -0.4 is 9.47 Å². The van der Waals surface area contributed by atoms with Crippen LogP contribution in [0.15, 0.2) is 42.6 Å². The lowest BCUT2D eigenvalue weighted by Gasteiger charge is -2.18. The predicted octanol–water partition coefficient (Wildman–Crippen LogP) is 3.14. The van der Waals surface area contributed by atoms with Crippen LogP contribution >= 0.6 is 0 Å². The zero-order valence-corrected chi connectivity index (χ0v) is 15.8. The number of nitrogens with zero attached hydrogens (tertiary/aromatic N) is 2. The molecule has 0 aliphatic heterocycles. The number of aliphatic carboxylic acids is 1. The van der Waals surface area contributed by atoms with Gasteiger partial charge in [0.2, 0.25) is 5.88 Å². The van der Waals surface area contributed by atoms with Crippen molar-refractivity contribution in [3.05, 3.63) is 53.7 Å². The summed E-state index contributed by atoms with van der Waals surface area (Å²) in [6.45, 7) is 0.0313. The molecule has 1 aromatic heterocycles. The minimum atomic E-state index is -1.03. The molecule has 28 heavy (non-hydrogen) atoms. The Hall–Kier alpha value is -3.09. The third-order valence-electron chi connectivity index (χ3n) is 4.63. The first-order valence-corrected chi connectivity index (χ1v) is 9.33. The maximum atomic E-state index is 12.6. The van der Waals surface area contributed by atoms with Crippen LogP contribution in [0.2, 0.25) is 0 Å². The summed E-state index contributed by atoms with van der Waals surface area (Å²) in [4.78, 5) is 29.0. The van der Waals surface area contributed by atoms with Gasteiger partial charge in [-0.3, -0.25) is 4.79 Å². The van der Waals surface area contributed by atoms with Crippen LogP contribution in [0.4, 0.5) is 0 Å². The molecule has 0 bridgehead atoms. The van der Waals surface area contributed by atoms with E-state index in [1.165, 1.54) is 12.8 Å². The molecule has 1 N–H and O–H groups in total. The molecule has 0 spiro atoms. The van der Waals surface area contributed by atoms with Gasteiger partial charge in [-0.05, 0) is 49.4 Å². The van der Waals surface area contributed by atoms with E-state index in [4.69, 9.17) is 14.6 Å². The van der Waals surface area contributed by atoms with Crippen LogP contribution in [0.1, 0.15) is 41.6 Å². The smallest absolute Gasteiger partial charge is 0.341 e. The average molecular weight is 384 g/mol. The van der Waals surface area contributed by atoms with Crippen LogP contribution in [0.25, 0.3) is 0 Å². The summed E-state index contributed by atoms with van der Waals surface area (Å²) in [7, 11) is 1.72. The number of hydrogen-bond acceptors (Lipinski definition) is 5. The summed E-state index contributed by atoms with van der Waals surface area (Å²) in [6.07, 6.45) is 6.29. The molecule has 1 aliphatic rings. The molecular formula is C21H24N2O5. The molecule has 0 unspecified atom stereocenters. The van der Waals surface area contributed by atoms with E-state index in [0.717, 1.165) is 18.4 Å². The molecule has 3 rings (SSSR count). The highest BCUT2D eigenvalue weighted by Gasteiger charge is 2.18.